The van der Waals surface area contributed by atoms with Gasteiger partial charge < -0.3 is 19.7 Å². The van der Waals surface area contributed by atoms with Crippen LogP contribution in [0, 0.1) is 0 Å². The van der Waals surface area contributed by atoms with Crippen molar-refractivity contribution in [1.82, 2.24) is 15.2 Å². The first-order valence-corrected chi connectivity index (χ1v) is 9.90. The number of fused-ring (bicyclic) bond motifs is 1. The first-order valence-electron chi connectivity index (χ1n) is 9.90. The molecule has 1 aromatic carbocycles. The Morgan fingerprint density at radius 1 is 1.15 bits per heavy atom. The van der Waals surface area contributed by atoms with Crippen LogP contribution in [0.4, 0.5) is 0 Å². The smallest absolute Gasteiger partial charge is 0.257 e. The standard InChI is InChI=1S/C22H29N3O2/c1-22(2,16-25-12-3-4-13-25)24-14-17-7-9-18(10-8-17)20-15-26-19-6-5-11-23-21(19)27-20/h5-11,20,24H,3-4,12-16H2,1-2H3. The lowest BCUT2D eigenvalue weighted by molar-refractivity contribution is 0.0851. The molecule has 2 aliphatic heterocycles. The highest BCUT2D eigenvalue weighted by Gasteiger charge is 2.24. The summed E-state index contributed by atoms with van der Waals surface area (Å²) < 4.78 is 11.8. The summed E-state index contributed by atoms with van der Waals surface area (Å²) in [5.74, 6) is 1.29. The minimum atomic E-state index is -0.110. The molecule has 27 heavy (non-hydrogen) atoms. The molecule has 0 saturated carbocycles. The van der Waals surface area contributed by atoms with Crippen LogP contribution < -0.4 is 14.8 Å². The molecule has 1 saturated heterocycles. The highest BCUT2D eigenvalue weighted by molar-refractivity contribution is 5.35. The van der Waals surface area contributed by atoms with Gasteiger partial charge in [-0.15, -0.1) is 0 Å². The van der Waals surface area contributed by atoms with E-state index in [0.29, 0.717) is 12.5 Å². The Labute approximate surface area is 161 Å². The second kappa shape index (κ2) is 7.87. The summed E-state index contributed by atoms with van der Waals surface area (Å²) in [7, 11) is 0. The SMILES string of the molecule is CC(C)(CN1CCCC1)NCc1ccc(C2COc3cccnc3O2)cc1. The lowest BCUT2D eigenvalue weighted by atomic mass is 10.0. The molecule has 0 aliphatic carbocycles. The summed E-state index contributed by atoms with van der Waals surface area (Å²) in [5, 5.41) is 3.71. The van der Waals surface area contributed by atoms with Gasteiger partial charge in [-0.2, -0.15) is 0 Å². The highest BCUT2D eigenvalue weighted by Crippen LogP contribution is 2.33. The van der Waals surface area contributed by atoms with Gasteiger partial charge in [-0.25, -0.2) is 4.98 Å². The van der Waals surface area contributed by atoms with Crippen LogP contribution in [0.2, 0.25) is 0 Å². The molecule has 1 N–H and O–H groups in total. The molecule has 1 atom stereocenters. The van der Waals surface area contributed by atoms with Crippen molar-refractivity contribution in [3.05, 3.63) is 53.7 Å². The van der Waals surface area contributed by atoms with E-state index in [1.54, 1.807) is 6.20 Å². The van der Waals surface area contributed by atoms with Gasteiger partial charge >= 0.3 is 0 Å². The maximum absolute atomic E-state index is 5.99. The summed E-state index contributed by atoms with van der Waals surface area (Å²) >= 11 is 0. The first-order chi connectivity index (χ1) is 13.1. The van der Waals surface area contributed by atoms with Crippen LogP contribution in [0.5, 0.6) is 11.6 Å². The van der Waals surface area contributed by atoms with Crippen molar-refractivity contribution in [2.75, 3.05) is 26.2 Å². The third-order valence-electron chi connectivity index (χ3n) is 5.32. The monoisotopic (exact) mass is 367 g/mol. The van der Waals surface area contributed by atoms with Crippen LogP contribution >= 0.6 is 0 Å². The zero-order valence-corrected chi connectivity index (χ0v) is 16.3. The number of hydrogen-bond donors (Lipinski definition) is 1. The number of ether oxygens (including phenoxy) is 2. The Bertz CT molecular complexity index is 754. The summed E-state index contributed by atoms with van der Waals surface area (Å²) in [6, 6.07) is 12.3. The number of pyridine rings is 1. The fourth-order valence-electron chi connectivity index (χ4n) is 3.82. The van der Waals surface area contributed by atoms with Crippen LogP contribution in [0.1, 0.15) is 43.9 Å². The van der Waals surface area contributed by atoms with Crippen molar-refractivity contribution in [1.29, 1.82) is 0 Å². The molecule has 0 spiro atoms. The van der Waals surface area contributed by atoms with E-state index >= 15 is 0 Å². The third kappa shape index (κ3) is 4.60. The molecule has 4 rings (SSSR count). The Morgan fingerprint density at radius 2 is 1.93 bits per heavy atom. The molecule has 0 bridgehead atoms. The summed E-state index contributed by atoms with van der Waals surface area (Å²) in [5.41, 5.74) is 2.51. The second-order valence-corrected chi connectivity index (χ2v) is 8.19. The Hall–Kier alpha value is -2.11. The number of likely N-dealkylation sites (tertiary alicyclic amines) is 1. The molecule has 2 aliphatic rings. The fraction of sp³-hybridized carbons (Fsp3) is 0.500. The van der Waals surface area contributed by atoms with Gasteiger partial charge in [0.15, 0.2) is 11.9 Å². The molecule has 2 aromatic rings. The van der Waals surface area contributed by atoms with Crippen molar-refractivity contribution in [2.24, 2.45) is 0 Å². The third-order valence-corrected chi connectivity index (χ3v) is 5.32. The van der Waals surface area contributed by atoms with E-state index < -0.39 is 0 Å². The zero-order valence-electron chi connectivity index (χ0n) is 16.3. The molecule has 5 nitrogen and oxygen atoms in total. The molecular formula is C22H29N3O2. The van der Waals surface area contributed by atoms with Gasteiger partial charge in [0.2, 0.25) is 0 Å². The molecular weight excluding hydrogens is 338 g/mol. The number of nitrogens with one attached hydrogen (secondary N) is 1. The van der Waals surface area contributed by atoms with E-state index in [1.165, 1.54) is 31.5 Å². The van der Waals surface area contributed by atoms with Gasteiger partial charge in [0.25, 0.3) is 5.88 Å². The van der Waals surface area contributed by atoms with Crippen molar-refractivity contribution in [3.63, 3.8) is 0 Å². The number of hydrogen-bond acceptors (Lipinski definition) is 5. The molecule has 1 aromatic heterocycles. The summed E-state index contributed by atoms with van der Waals surface area (Å²) in [4.78, 5) is 6.81. The number of aromatic nitrogens is 1. The minimum absolute atomic E-state index is 0.110. The molecule has 1 unspecified atom stereocenters. The Morgan fingerprint density at radius 3 is 2.70 bits per heavy atom. The van der Waals surface area contributed by atoms with Crippen LogP contribution in [-0.4, -0.2) is 41.7 Å². The molecule has 5 heteroatoms. The van der Waals surface area contributed by atoms with Gasteiger partial charge in [0, 0.05) is 24.8 Å². The zero-order chi connectivity index (χ0) is 18.7. The number of rotatable bonds is 6. The van der Waals surface area contributed by atoms with Gasteiger partial charge in [-0.05, 0) is 63.0 Å². The average molecular weight is 367 g/mol. The van der Waals surface area contributed by atoms with Crippen LogP contribution in [0.25, 0.3) is 0 Å². The molecule has 1 fully saturated rings. The van der Waals surface area contributed by atoms with E-state index in [2.05, 4.69) is 53.3 Å². The lowest BCUT2D eigenvalue weighted by Gasteiger charge is -2.31. The predicted molar refractivity (Wildman–Crippen MR) is 106 cm³/mol. The van der Waals surface area contributed by atoms with E-state index in [-0.39, 0.29) is 11.6 Å². The van der Waals surface area contributed by atoms with Gasteiger partial charge in [-0.1, -0.05) is 24.3 Å². The molecule has 144 valence electrons. The van der Waals surface area contributed by atoms with Crippen molar-refractivity contribution < 1.29 is 9.47 Å². The quantitative estimate of drug-likeness (QED) is 0.846. The predicted octanol–water partition coefficient (Wildman–Crippen LogP) is 3.56. The van der Waals surface area contributed by atoms with Crippen molar-refractivity contribution in [3.8, 4) is 11.6 Å². The fourth-order valence-corrected chi connectivity index (χ4v) is 3.82. The lowest BCUT2D eigenvalue weighted by Crippen LogP contribution is -2.48. The van der Waals surface area contributed by atoms with E-state index in [1.807, 2.05) is 12.1 Å². The van der Waals surface area contributed by atoms with Crippen molar-refractivity contribution >= 4 is 0 Å². The second-order valence-electron chi connectivity index (χ2n) is 8.19. The molecule has 0 radical (unpaired) electrons. The Balaban J connectivity index is 1.32. The number of benzene rings is 1. The molecule has 3 heterocycles. The van der Waals surface area contributed by atoms with Crippen LogP contribution in [0.15, 0.2) is 42.6 Å². The van der Waals surface area contributed by atoms with E-state index in [0.717, 1.165) is 24.4 Å². The Kier molecular flexibility index (Phi) is 5.32. The van der Waals surface area contributed by atoms with Crippen LogP contribution in [-0.2, 0) is 6.54 Å². The topological polar surface area (TPSA) is 46.6 Å². The van der Waals surface area contributed by atoms with Crippen LogP contribution in [0.3, 0.4) is 0 Å². The van der Waals surface area contributed by atoms with E-state index in [9.17, 15) is 0 Å². The normalized spacial score (nSPS) is 20.0. The highest BCUT2D eigenvalue weighted by atomic mass is 16.6. The van der Waals surface area contributed by atoms with Crippen molar-refractivity contribution in [2.45, 2.75) is 44.9 Å². The summed E-state index contributed by atoms with van der Waals surface area (Å²) in [6.07, 6.45) is 4.29. The summed E-state index contributed by atoms with van der Waals surface area (Å²) in [6.45, 7) is 9.54. The van der Waals surface area contributed by atoms with E-state index in [4.69, 9.17) is 9.47 Å². The molecule has 0 amide bonds. The van der Waals surface area contributed by atoms with Gasteiger partial charge in [0.05, 0.1) is 0 Å². The maximum atomic E-state index is 5.99. The number of nitrogens with zero attached hydrogens (tertiary/aromatic N) is 2. The largest absolute Gasteiger partial charge is 0.484 e. The maximum Gasteiger partial charge on any atom is 0.257 e. The average Bonchev–Trinajstić information content (AvgIpc) is 3.19. The van der Waals surface area contributed by atoms with Gasteiger partial charge in [0.1, 0.15) is 6.61 Å². The first kappa shape index (κ1) is 18.3. The van der Waals surface area contributed by atoms with Gasteiger partial charge in [-0.3, -0.25) is 0 Å². The minimum Gasteiger partial charge on any atom is -0.484 e.